The minimum Gasteiger partial charge on any atom is -0.394 e. The molecule has 0 bridgehead atoms. The van der Waals surface area contributed by atoms with Crippen molar-refractivity contribution in [3.8, 4) is 0 Å². The van der Waals surface area contributed by atoms with E-state index in [1.54, 1.807) is 18.2 Å². The third-order valence-electron chi connectivity index (χ3n) is 4.63. The summed E-state index contributed by atoms with van der Waals surface area (Å²) in [4.78, 5) is 0. The Morgan fingerprint density at radius 2 is 1.91 bits per heavy atom. The summed E-state index contributed by atoms with van der Waals surface area (Å²) in [6.07, 6.45) is -2.65. The van der Waals surface area contributed by atoms with Gasteiger partial charge in [-0.15, -0.1) is 0 Å². The molecule has 1 unspecified atom stereocenters. The molecular formula is C15H21BrO6. The fraction of sp³-hybridized carbons (Fsp3) is 0.600. The van der Waals surface area contributed by atoms with Gasteiger partial charge in [-0.2, -0.15) is 0 Å². The number of halogens is 1. The maximum absolute atomic E-state index is 10.6. The van der Waals surface area contributed by atoms with Crippen LogP contribution in [0, 0.1) is 0 Å². The fourth-order valence-electron chi connectivity index (χ4n) is 3.30. The Morgan fingerprint density at radius 1 is 1.27 bits per heavy atom. The van der Waals surface area contributed by atoms with E-state index >= 15 is 0 Å². The second-order valence-corrected chi connectivity index (χ2v) is 6.63. The van der Waals surface area contributed by atoms with Gasteiger partial charge in [-0.25, -0.2) is 0 Å². The van der Waals surface area contributed by atoms with E-state index in [1.165, 1.54) is 0 Å². The van der Waals surface area contributed by atoms with Gasteiger partial charge in [0.25, 0.3) is 0 Å². The maximum atomic E-state index is 10.6. The lowest BCUT2D eigenvalue weighted by atomic mass is 9.51. The Kier molecular flexibility index (Phi) is 4.99. The largest absolute Gasteiger partial charge is 0.394 e. The number of hydrogen-bond donors (Lipinski definition) is 6. The maximum Gasteiger partial charge on any atom is 0.131 e. The molecule has 1 aromatic rings. The summed E-state index contributed by atoms with van der Waals surface area (Å²) >= 11 is 3.39. The van der Waals surface area contributed by atoms with E-state index in [4.69, 9.17) is 5.11 Å². The van der Waals surface area contributed by atoms with Gasteiger partial charge in [-0.3, -0.25) is 0 Å². The molecule has 1 fully saturated rings. The average Bonchev–Trinajstić information content (AvgIpc) is 2.53. The Balaban J connectivity index is 2.50. The second kappa shape index (κ2) is 6.16. The van der Waals surface area contributed by atoms with Crippen molar-refractivity contribution in [2.45, 2.75) is 42.7 Å². The molecule has 22 heavy (non-hydrogen) atoms. The standard InChI is InChI=1S/C15H21BrO6/c1-2-8-3-4-9(5-10(8)16)12-14(21,7-18)13(20)15(12,22)11(19)6-17/h3-5,11-13,17-22H,2,6-7H2,1H3/t11-,12?,13-,14-,15+/m1/s1. The first-order chi connectivity index (χ1) is 10.3. The molecule has 2 rings (SSSR count). The van der Waals surface area contributed by atoms with Crippen LogP contribution < -0.4 is 0 Å². The van der Waals surface area contributed by atoms with E-state index in [1.807, 2.05) is 6.92 Å². The van der Waals surface area contributed by atoms with Crippen molar-refractivity contribution in [3.63, 3.8) is 0 Å². The minimum absolute atomic E-state index is 0.445. The molecule has 1 saturated carbocycles. The molecule has 0 amide bonds. The van der Waals surface area contributed by atoms with Crippen molar-refractivity contribution >= 4 is 15.9 Å². The van der Waals surface area contributed by atoms with Gasteiger partial charge in [0.05, 0.1) is 19.1 Å². The third kappa shape index (κ3) is 2.32. The molecule has 0 saturated heterocycles. The molecule has 0 radical (unpaired) electrons. The van der Waals surface area contributed by atoms with Crippen LogP contribution in [0.2, 0.25) is 0 Å². The van der Waals surface area contributed by atoms with E-state index in [9.17, 15) is 25.5 Å². The first kappa shape index (κ1) is 17.8. The summed E-state index contributed by atoms with van der Waals surface area (Å²) in [5.41, 5.74) is -2.67. The van der Waals surface area contributed by atoms with Crippen molar-refractivity contribution < 1.29 is 30.6 Å². The molecule has 0 spiro atoms. The van der Waals surface area contributed by atoms with Crippen LogP contribution in [0.3, 0.4) is 0 Å². The Bertz CT molecular complexity index is 553. The van der Waals surface area contributed by atoms with Crippen LogP contribution in [-0.2, 0) is 6.42 Å². The van der Waals surface area contributed by atoms with E-state index in [0.717, 1.165) is 16.5 Å². The van der Waals surface area contributed by atoms with Gasteiger partial charge in [0.1, 0.15) is 23.4 Å². The summed E-state index contributed by atoms with van der Waals surface area (Å²) in [6, 6.07) is 5.13. The van der Waals surface area contributed by atoms with E-state index < -0.39 is 42.5 Å². The number of benzene rings is 1. The summed E-state index contributed by atoms with van der Waals surface area (Å²) in [5, 5.41) is 59.5. The molecule has 1 aromatic carbocycles. The van der Waals surface area contributed by atoms with Gasteiger partial charge < -0.3 is 30.6 Å². The van der Waals surface area contributed by atoms with Crippen molar-refractivity contribution in [2.75, 3.05) is 13.2 Å². The highest BCUT2D eigenvalue weighted by molar-refractivity contribution is 9.10. The first-order valence-corrected chi connectivity index (χ1v) is 7.87. The quantitative estimate of drug-likeness (QED) is 0.403. The van der Waals surface area contributed by atoms with Crippen LogP contribution in [0.5, 0.6) is 0 Å². The van der Waals surface area contributed by atoms with Crippen LogP contribution >= 0.6 is 15.9 Å². The smallest absolute Gasteiger partial charge is 0.131 e. The topological polar surface area (TPSA) is 121 Å². The minimum atomic E-state index is -2.14. The Morgan fingerprint density at radius 3 is 2.36 bits per heavy atom. The predicted octanol–water partition coefficient (Wildman–Crippen LogP) is -0.723. The zero-order chi connectivity index (χ0) is 16.7. The van der Waals surface area contributed by atoms with Gasteiger partial charge in [-0.05, 0) is 23.6 Å². The summed E-state index contributed by atoms with van der Waals surface area (Å²) in [7, 11) is 0. The van der Waals surface area contributed by atoms with Gasteiger partial charge >= 0.3 is 0 Å². The molecule has 124 valence electrons. The number of aryl methyl sites for hydroxylation is 1. The molecule has 0 aliphatic heterocycles. The molecule has 1 aliphatic rings. The lowest BCUT2D eigenvalue weighted by molar-refractivity contribution is -0.327. The van der Waals surface area contributed by atoms with Crippen LogP contribution in [0.1, 0.15) is 24.0 Å². The summed E-state index contributed by atoms with van der Waals surface area (Å²) < 4.78 is 0.759. The normalized spacial score (nSPS) is 36.0. The van der Waals surface area contributed by atoms with Crippen LogP contribution in [-0.4, -0.2) is 67.3 Å². The Labute approximate surface area is 136 Å². The predicted molar refractivity (Wildman–Crippen MR) is 82.3 cm³/mol. The number of aliphatic hydroxyl groups excluding tert-OH is 4. The number of aliphatic hydroxyl groups is 6. The molecule has 6 N–H and O–H groups in total. The monoisotopic (exact) mass is 376 g/mol. The number of hydrogen-bond acceptors (Lipinski definition) is 6. The van der Waals surface area contributed by atoms with Crippen LogP contribution in [0.15, 0.2) is 22.7 Å². The Hall–Kier alpha value is -0.540. The highest BCUT2D eigenvalue weighted by atomic mass is 79.9. The molecule has 0 aromatic heterocycles. The molecule has 1 aliphatic carbocycles. The lowest BCUT2D eigenvalue weighted by Gasteiger charge is -2.62. The van der Waals surface area contributed by atoms with Crippen LogP contribution in [0.4, 0.5) is 0 Å². The van der Waals surface area contributed by atoms with E-state index in [2.05, 4.69) is 15.9 Å². The molecular weight excluding hydrogens is 356 g/mol. The van der Waals surface area contributed by atoms with Gasteiger partial charge in [0.2, 0.25) is 0 Å². The van der Waals surface area contributed by atoms with Crippen molar-refractivity contribution in [2.24, 2.45) is 0 Å². The highest BCUT2D eigenvalue weighted by Gasteiger charge is 2.73. The zero-order valence-corrected chi connectivity index (χ0v) is 13.7. The van der Waals surface area contributed by atoms with Gasteiger partial charge in [0.15, 0.2) is 0 Å². The fourth-order valence-corrected chi connectivity index (χ4v) is 3.98. The molecule has 7 heteroatoms. The SMILES string of the molecule is CCc1ccc(C2[C@@](O)([C@H](O)CO)[C@H](O)[C@@]2(O)CO)cc1Br. The van der Waals surface area contributed by atoms with Gasteiger partial charge in [0, 0.05) is 4.47 Å². The number of rotatable bonds is 5. The zero-order valence-electron chi connectivity index (χ0n) is 12.1. The average molecular weight is 377 g/mol. The molecule has 5 atom stereocenters. The lowest BCUT2D eigenvalue weighted by Crippen LogP contribution is -2.81. The van der Waals surface area contributed by atoms with Crippen LogP contribution in [0.25, 0.3) is 0 Å². The first-order valence-electron chi connectivity index (χ1n) is 7.08. The summed E-state index contributed by atoms with van der Waals surface area (Å²) in [6.45, 7) is 0.412. The van der Waals surface area contributed by atoms with Crippen molar-refractivity contribution in [3.05, 3.63) is 33.8 Å². The molecule has 6 nitrogen and oxygen atoms in total. The molecule has 0 heterocycles. The third-order valence-corrected chi connectivity index (χ3v) is 5.36. The second-order valence-electron chi connectivity index (χ2n) is 5.77. The summed E-state index contributed by atoms with van der Waals surface area (Å²) in [5.74, 6) is -1.13. The highest BCUT2D eigenvalue weighted by Crippen LogP contribution is 2.55. The van der Waals surface area contributed by atoms with E-state index in [-0.39, 0.29) is 0 Å². The van der Waals surface area contributed by atoms with Crippen molar-refractivity contribution in [1.82, 2.24) is 0 Å². The van der Waals surface area contributed by atoms with Gasteiger partial charge in [-0.1, -0.05) is 35.0 Å². The van der Waals surface area contributed by atoms with Crippen molar-refractivity contribution in [1.29, 1.82) is 0 Å². The van der Waals surface area contributed by atoms with E-state index in [0.29, 0.717) is 5.56 Å².